The Morgan fingerprint density at radius 3 is 1.92 bits per heavy atom. The van der Waals surface area contributed by atoms with E-state index in [9.17, 15) is 0 Å². The van der Waals surface area contributed by atoms with Crippen molar-refractivity contribution >= 4 is 35.9 Å². The summed E-state index contributed by atoms with van der Waals surface area (Å²) in [6, 6.07) is 8.28. The van der Waals surface area contributed by atoms with Gasteiger partial charge < -0.3 is 15.1 Å². The van der Waals surface area contributed by atoms with Gasteiger partial charge in [0.1, 0.15) is 0 Å². The van der Waals surface area contributed by atoms with Crippen molar-refractivity contribution in [3.8, 4) is 0 Å². The number of benzene rings is 1. The molecule has 0 saturated carbocycles. The average Bonchev–Trinajstić information content (AvgIpc) is 3.29. The minimum absolute atomic E-state index is 0. The Balaban J connectivity index is 0.00000182. The summed E-state index contributed by atoms with van der Waals surface area (Å²) in [6.07, 6.45) is 4.85. The van der Waals surface area contributed by atoms with E-state index in [2.05, 4.69) is 44.1 Å². The van der Waals surface area contributed by atoms with Crippen LogP contribution >= 0.6 is 12.4 Å². The summed E-state index contributed by atoms with van der Waals surface area (Å²) in [4.78, 5) is 18.6. The van der Waals surface area contributed by atoms with Crippen LogP contribution in [0.5, 0.6) is 0 Å². The topological polar surface area (TPSA) is 57.2 Å². The molecule has 2 aromatic rings. The Labute approximate surface area is 155 Å². The molecule has 3 heterocycles. The number of hydrogen-bond donors (Lipinski definition) is 1. The second-order valence-electron chi connectivity index (χ2n) is 6.64. The molecule has 4 rings (SSSR count). The van der Waals surface area contributed by atoms with E-state index < -0.39 is 0 Å². The number of hydrogen-bond acceptors (Lipinski definition) is 6. The van der Waals surface area contributed by atoms with Crippen molar-refractivity contribution in [2.75, 3.05) is 41.3 Å². The first-order valence-electron chi connectivity index (χ1n) is 8.88. The Morgan fingerprint density at radius 1 is 0.840 bits per heavy atom. The van der Waals surface area contributed by atoms with Gasteiger partial charge in [-0.3, -0.25) is 0 Å². The average molecular weight is 361 g/mol. The van der Waals surface area contributed by atoms with Crippen molar-refractivity contribution in [2.45, 2.75) is 32.6 Å². The highest BCUT2D eigenvalue weighted by molar-refractivity contribution is 5.85. The number of aromatic nitrogens is 3. The number of aryl methyl sites for hydroxylation is 1. The summed E-state index contributed by atoms with van der Waals surface area (Å²) in [5.41, 5.74) is 2.23. The molecule has 134 valence electrons. The summed E-state index contributed by atoms with van der Waals surface area (Å²) < 4.78 is 0. The van der Waals surface area contributed by atoms with Crippen LogP contribution in [0.3, 0.4) is 0 Å². The van der Waals surface area contributed by atoms with Gasteiger partial charge in [-0.15, -0.1) is 12.4 Å². The molecule has 0 atom stereocenters. The molecule has 2 aliphatic rings. The van der Waals surface area contributed by atoms with Gasteiger partial charge in [-0.2, -0.15) is 15.0 Å². The van der Waals surface area contributed by atoms with Gasteiger partial charge in [0.15, 0.2) is 0 Å². The molecule has 2 aliphatic heterocycles. The first kappa shape index (κ1) is 17.7. The lowest BCUT2D eigenvalue weighted by Gasteiger charge is -2.20. The predicted octanol–water partition coefficient (Wildman–Crippen LogP) is 3.55. The fraction of sp³-hybridized carbons (Fsp3) is 0.500. The molecular formula is C18H25ClN6. The highest BCUT2D eigenvalue weighted by Gasteiger charge is 2.21. The van der Waals surface area contributed by atoms with Crippen molar-refractivity contribution in [1.82, 2.24) is 15.0 Å². The predicted molar refractivity (Wildman–Crippen MR) is 104 cm³/mol. The van der Waals surface area contributed by atoms with E-state index in [1.807, 2.05) is 12.1 Å². The second kappa shape index (κ2) is 7.87. The number of rotatable bonds is 4. The summed E-state index contributed by atoms with van der Waals surface area (Å²) in [6.45, 7) is 6.23. The molecule has 2 saturated heterocycles. The van der Waals surface area contributed by atoms with Gasteiger partial charge in [0, 0.05) is 31.9 Å². The minimum atomic E-state index is 0. The largest absolute Gasteiger partial charge is 0.341 e. The molecule has 0 unspecified atom stereocenters. The molecule has 0 bridgehead atoms. The second-order valence-corrected chi connectivity index (χ2v) is 6.64. The molecule has 2 fully saturated rings. The molecule has 1 aromatic heterocycles. The number of nitrogens with one attached hydrogen (secondary N) is 1. The van der Waals surface area contributed by atoms with Gasteiger partial charge in [-0.1, -0.05) is 12.1 Å². The first-order chi connectivity index (χ1) is 11.8. The lowest BCUT2D eigenvalue weighted by atomic mass is 10.2. The normalized spacial score (nSPS) is 16.8. The molecule has 0 aliphatic carbocycles. The maximum atomic E-state index is 4.75. The maximum absolute atomic E-state index is 4.75. The summed E-state index contributed by atoms with van der Waals surface area (Å²) in [7, 11) is 0. The van der Waals surface area contributed by atoms with Crippen LogP contribution in [-0.2, 0) is 0 Å². The van der Waals surface area contributed by atoms with Crippen molar-refractivity contribution in [1.29, 1.82) is 0 Å². The first-order valence-corrected chi connectivity index (χ1v) is 8.88. The molecule has 1 aromatic carbocycles. The fourth-order valence-corrected chi connectivity index (χ4v) is 3.38. The van der Waals surface area contributed by atoms with Crippen molar-refractivity contribution in [3.05, 3.63) is 29.8 Å². The zero-order chi connectivity index (χ0) is 16.4. The van der Waals surface area contributed by atoms with Crippen LogP contribution in [-0.4, -0.2) is 41.1 Å². The standard InChI is InChI=1S/C18H24N6.ClH/c1-14-7-6-8-15(13-14)19-16-20-17(23-9-2-3-10-23)22-18(21-16)24-11-4-5-12-24;/h6-8,13H,2-5,9-12H2,1H3,(H,19,20,21,22);1H. The van der Waals surface area contributed by atoms with Gasteiger partial charge in [-0.05, 0) is 50.3 Å². The monoisotopic (exact) mass is 360 g/mol. The van der Waals surface area contributed by atoms with Crippen LogP contribution in [0.2, 0.25) is 0 Å². The Hall–Kier alpha value is -2.08. The molecule has 1 N–H and O–H groups in total. The maximum Gasteiger partial charge on any atom is 0.233 e. The lowest BCUT2D eigenvalue weighted by molar-refractivity contribution is 0.841. The zero-order valence-corrected chi connectivity index (χ0v) is 15.4. The molecule has 25 heavy (non-hydrogen) atoms. The smallest absolute Gasteiger partial charge is 0.233 e. The molecule has 0 radical (unpaired) electrons. The summed E-state index contributed by atoms with van der Waals surface area (Å²) in [5.74, 6) is 2.25. The summed E-state index contributed by atoms with van der Waals surface area (Å²) >= 11 is 0. The van der Waals surface area contributed by atoms with Crippen LogP contribution < -0.4 is 15.1 Å². The van der Waals surface area contributed by atoms with Gasteiger partial charge >= 0.3 is 0 Å². The highest BCUT2D eigenvalue weighted by Crippen LogP contribution is 2.24. The van der Waals surface area contributed by atoms with Crippen molar-refractivity contribution in [2.24, 2.45) is 0 Å². The van der Waals surface area contributed by atoms with Gasteiger partial charge in [0.25, 0.3) is 0 Å². The number of halogens is 1. The number of anilines is 4. The molecular weight excluding hydrogens is 336 g/mol. The highest BCUT2D eigenvalue weighted by atomic mass is 35.5. The van der Waals surface area contributed by atoms with E-state index >= 15 is 0 Å². The third-order valence-electron chi connectivity index (χ3n) is 4.66. The molecule has 6 nitrogen and oxygen atoms in total. The molecule has 7 heteroatoms. The van der Waals surface area contributed by atoms with E-state index in [0.29, 0.717) is 5.95 Å². The van der Waals surface area contributed by atoms with E-state index in [4.69, 9.17) is 4.98 Å². The van der Waals surface area contributed by atoms with E-state index in [1.165, 1.54) is 31.2 Å². The third kappa shape index (κ3) is 4.12. The Bertz CT molecular complexity index is 676. The van der Waals surface area contributed by atoms with Crippen LogP contribution in [0, 0.1) is 6.92 Å². The van der Waals surface area contributed by atoms with Crippen molar-refractivity contribution < 1.29 is 0 Å². The van der Waals surface area contributed by atoms with Gasteiger partial charge in [0.2, 0.25) is 17.8 Å². The Morgan fingerprint density at radius 2 is 1.40 bits per heavy atom. The fourth-order valence-electron chi connectivity index (χ4n) is 3.38. The van der Waals surface area contributed by atoms with Crippen LogP contribution in [0.15, 0.2) is 24.3 Å². The van der Waals surface area contributed by atoms with E-state index in [-0.39, 0.29) is 12.4 Å². The van der Waals surface area contributed by atoms with E-state index in [0.717, 1.165) is 43.8 Å². The van der Waals surface area contributed by atoms with Gasteiger partial charge in [0.05, 0.1) is 0 Å². The van der Waals surface area contributed by atoms with E-state index in [1.54, 1.807) is 0 Å². The van der Waals surface area contributed by atoms with Gasteiger partial charge in [-0.25, -0.2) is 0 Å². The van der Waals surface area contributed by atoms with Crippen LogP contribution in [0.1, 0.15) is 31.2 Å². The zero-order valence-electron chi connectivity index (χ0n) is 14.6. The van der Waals surface area contributed by atoms with Crippen LogP contribution in [0.4, 0.5) is 23.5 Å². The quantitative estimate of drug-likeness (QED) is 0.899. The lowest BCUT2D eigenvalue weighted by Crippen LogP contribution is -2.25. The molecule has 0 spiro atoms. The minimum Gasteiger partial charge on any atom is -0.341 e. The Kier molecular flexibility index (Phi) is 5.58. The van der Waals surface area contributed by atoms with Crippen LogP contribution in [0.25, 0.3) is 0 Å². The number of nitrogens with zero attached hydrogens (tertiary/aromatic N) is 5. The summed E-state index contributed by atoms with van der Waals surface area (Å²) in [5, 5.41) is 3.36. The van der Waals surface area contributed by atoms with Crippen molar-refractivity contribution in [3.63, 3.8) is 0 Å². The molecule has 0 amide bonds. The SMILES string of the molecule is Cc1cccc(Nc2nc(N3CCCC3)nc(N3CCCC3)n2)c1.Cl. The third-order valence-corrected chi connectivity index (χ3v) is 4.66.